The van der Waals surface area contributed by atoms with Crippen LogP contribution in [-0.4, -0.2) is 4.98 Å². The SMILES string of the molecule is Fc1ccc(Oc2ccc[c]n2)c(F)c1. The Hall–Kier alpha value is -1.97. The van der Waals surface area contributed by atoms with Crippen molar-refractivity contribution in [2.75, 3.05) is 0 Å². The van der Waals surface area contributed by atoms with Gasteiger partial charge in [0.25, 0.3) is 0 Å². The molecule has 2 nitrogen and oxygen atoms in total. The molecular weight excluding hydrogens is 200 g/mol. The monoisotopic (exact) mass is 206 g/mol. The molecule has 1 radical (unpaired) electrons. The summed E-state index contributed by atoms with van der Waals surface area (Å²) in [6, 6.07) is 7.88. The average molecular weight is 206 g/mol. The van der Waals surface area contributed by atoms with Crippen molar-refractivity contribution < 1.29 is 13.5 Å². The van der Waals surface area contributed by atoms with Gasteiger partial charge in [0.05, 0.1) is 6.20 Å². The quantitative estimate of drug-likeness (QED) is 0.753. The standard InChI is InChI=1S/C11H6F2NO/c12-8-4-5-10(9(13)7-8)15-11-3-1-2-6-14-11/h1-5,7H. The molecule has 0 aliphatic heterocycles. The molecule has 2 aromatic rings. The lowest BCUT2D eigenvalue weighted by atomic mass is 10.3. The molecule has 0 bridgehead atoms. The Morgan fingerprint density at radius 1 is 1.20 bits per heavy atom. The molecule has 75 valence electrons. The van der Waals surface area contributed by atoms with Crippen LogP contribution in [0.2, 0.25) is 0 Å². The highest BCUT2D eigenvalue weighted by Gasteiger charge is 2.05. The van der Waals surface area contributed by atoms with E-state index in [9.17, 15) is 8.78 Å². The van der Waals surface area contributed by atoms with Gasteiger partial charge in [0.15, 0.2) is 11.6 Å². The molecule has 1 aromatic heterocycles. The number of nitrogens with zero attached hydrogens (tertiary/aromatic N) is 1. The Kier molecular flexibility index (Phi) is 2.58. The molecule has 15 heavy (non-hydrogen) atoms. The second-order valence-corrected chi connectivity index (χ2v) is 2.78. The fourth-order valence-corrected chi connectivity index (χ4v) is 1.04. The minimum absolute atomic E-state index is 0.0662. The summed E-state index contributed by atoms with van der Waals surface area (Å²) >= 11 is 0. The lowest BCUT2D eigenvalue weighted by Crippen LogP contribution is -1.90. The zero-order valence-electron chi connectivity index (χ0n) is 7.58. The molecule has 0 unspecified atom stereocenters. The fourth-order valence-electron chi connectivity index (χ4n) is 1.04. The first-order valence-corrected chi connectivity index (χ1v) is 4.22. The number of hydrogen-bond donors (Lipinski definition) is 0. The van der Waals surface area contributed by atoms with Gasteiger partial charge >= 0.3 is 0 Å². The van der Waals surface area contributed by atoms with Crippen molar-refractivity contribution in [3.63, 3.8) is 0 Å². The molecule has 0 spiro atoms. The Bertz CT molecular complexity index is 459. The van der Waals surface area contributed by atoms with Crippen LogP contribution in [-0.2, 0) is 0 Å². The van der Waals surface area contributed by atoms with Crippen LogP contribution in [0.3, 0.4) is 0 Å². The van der Waals surface area contributed by atoms with E-state index in [2.05, 4.69) is 11.2 Å². The zero-order valence-corrected chi connectivity index (χ0v) is 7.58. The van der Waals surface area contributed by atoms with Gasteiger partial charge in [0.1, 0.15) is 5.82 Å². The van der Waals surface area contributed by atoms with Crippen LogP contribution >= 0.6 is 0 Å². The van der Waals surface area contributed by atoms with Gasteiger partial charge in [-0.1, -0.05) is 6.07 Å². The summed E-state index contributed by atoms with van der Waals surface area (Å²) in [6.07, 6.45) is 2.54. The van der Waals surface area contributed by atoms with E-state index >= 15 is 0 Å². The van der Waals surface area contributed by atoms with E-state index in [1.165, 1.54) is 6.07 Å². The van der Waals surface area contributed by atoms with Crippen LogP contribution in [0, 0.1) is 17.8 Å². The molecule has 0 fully saturated rings. The van der Waals surface area contributed by atoms with Gasteiger partial charge in [-0.2, -0.15) is 0 Å². The Labute approximate surface area is 85.2 Å². The lowest BCUT2D eigenvalue weighted by Gasteiger charge is -2.04. The molecular formula is C11H6F2NO. The van der Waals surface area contributed by atoms with E-state index in [1.54, 1.807) is 18.2 Å². The second kappa shape index (κ2) is 4.04. The largest absolute Gasteiger partial charge is 0.436 e. The highest BCUT2D eigenvalue weighted by Crippen LogP contribution is 2.22. The van der Waals surface area contributed by atoms with E-state index in [1.807, 2.05) is 0 Å². The van der Waals surface area contributed by atoms with E-state index in [4.69, 9.17) is 4.74 Å². The maximum absolute atomic E-state index is 13.1. The normalized spacial score (nSPS) is 10.0. The first-order chi connectivity index (χ1) is 7.25. The molecule has 0 N–H and O–H groups in total. The molecule has 0 saturated carbocycles. The third kappa shape index (κ3) is 2.28. The molecule has 0 aliphatic carbocycles. The average Bonchev–Trinajstić information content (AvgIpc) is 2.24. The van der Waals surface area contributed by atoms with Crippen LogP contribution in [0.1, 0.15) is 0 Å². The van der Waals surface area contributed by atoms with Gasteiger partial charge in [-0.25, -0.2) is 13.8 Å². The predicted molar refractivity (Wildman–Crippen MR) is 49.5 cm³/mol. The predicted octanol–water partition coefficient (Wildman–Crippen LogP) is 2.95. The van der Waals surface area contributed by atoms with Crippen LogP contribution in [0.4, 0.5) is 8.78 Å². The first kappa shape index (κ1) is 9.58. The summed E-state index contributed by atoms with van der Waals surface area (Å²) in [6.45, 7) is 0. The summed E-state index contributed by atoms with van der Waals surface area (Å²) in [5.41, 5.74) is 0. The Morgan fingerprint density at radius 2 is 2.07 bits per heavy atom. The molecule has 4 heteroatoms. The third-order valence-electron chi connectivity index (χ3n) is 1.69. The van der Waals surface area contributed by atoms with Crippen LogP contribution < -0.4 is 4.74 Å². The molecule has 1 heterocycles. The molecule has 0 atom stereocenters. The fraction of sp³-hybridized carbons (Fsp3) is 0. The summed E-state index contributed by atoms with van der Waals surface area (Å²) in [5.74, 6) is -1.26. The molecule has 0 amide bonds. The van der Waals surface area contributed by atoms with Gasteiger partial charge in [0, 0.05) is 12.1 Å². The lowest BCUT2D eigenvalue weighted by molar-refractivity contribution is 0.423. The molecule has 0 aliphatic rings. The number of aromatic nitrogens is 1. The van der Waals surface area contributed by atoms with Crippen molar-refractivity contribution in [3.8, 4) is 11.6 Å². The van der Waals surface area contributed by atoms with Crippen molar-refractivity contribution in [2.24, 2.45) is 0 Å². The second-order valence-electron chi connectivity index (χ2n) is 2.78. The molecule has 0 saturated heterocycles. The number of hydrogen-bond acceptors (Lipinski definition) is 2. The first-order valence-electron chi connectivity index (χ1n) is 4.22. The van der Waals surface area contributed by atoms with Crippen molar-refractivity contribution in [2.45, 2.75) is 0 Å². The summed E-state index contributed by atoms with van der Waals surface area (Å²) in [7, 11) is 0. The Balaban J connectivity index is 2.25. The summed E-state index contributed by atoms with van der Waals surface area (Å²) in [5, 5.41) is 0. The number of benzene rings is 1. The highest BCUT2D eigenvalue weighted by atomic mass is 19.1. The van der Waals surface area contributed by atoms with Crippen molar-refractivity contribution >= 4 is 0 Å². The van der Waals surface area contributed by atoms with Crippen LogP contribution in [0.5, 0.6) is 11.6 Å². The van der Waals surface area contributed by atoms with Gasteiger partial charge in [-0.3, -0.25) is 0 Å². The number of ether oxygens (including phenoxy) is 1. The topological polar surface area (TPSA) is 22.1 Å². The van der Waals surface area contributed by atoms with E-state index in [0.29, 0.717) is 0 Å². The van der Waals surface area contributed by atoms with E-state index in [-0.39, 0.29) is 11.6 Å². The maximum Gasteiger partial charge on any atom is 0.219 e. The van der Waals surface area contributed by atoms with Crippen molar-refractivity contribution in [1.82, 2.24) is 4.98 Å². The van der Waals surface area contributed by atoms with Crippen molar-refractivity contribution in [1.29, 1.82) is 0 Å². The van der Waals surface area contributed by atoms with Gasteiger partial charge < -0.3 is 4.74 Å². The Morgan fingerprint density at radius 3 is 2.73 bits per heavy atom. The minimum Gasteiger partial charge on any atom is -0.436 e. The van der Waals surface area contributed by atoms with Crippen molar-refractivity contribution in [3.05, 3.63) is 54.2 Å². The van der Waals surface area contributed by atoms with Crippen LogP contribution in [0.25, 0.3) is 0 Å². The van der Waals surface area contributed by atoms with E-state index in [0.717, 1.165) is 12.1 Å². The third-order valence-corrected chi connectivity index (χ3v) is 1.69. The number of halogens is 2. The van der Waals surface area contributed by atoms with Gasteiger partial charge in [-0.15, -0.1) is 0 Å². The summed E-state index contributed by atoms with van der Waals surface area (Å²) < 4.78 is 30.8. The van der Waals surface area contributed by atoms with Crippen LogP contribution in [0.15, 0.2) is 36.4 Å². The molecule has 2 rings (SSSR count). The number of pyridine rings is 1. The zero-order chi connectivity index (χ0) is 10.7. The summed E-state index contributed by atoms with van der Waals surface area (Å²) in [4.78, 5) is 3.73. The van der Waals surface area contributed by atoms with E-state index < -0.39 is 11.6 Å². The molecule has 1 aromatic carbocycles. The van der Waals surface area contributed by atoms with Gasteiger partial charge in [-0.05, 0) is 18.2 Å². The smallest absolute Gasteiger partial charge is 0.219 e. The minimum atomic E-state index is -0.763. The number of rotatable bonds is 2. The maximum atomic E-state index is 13.1. The van der Waals surface area contributed by atoms with Gasteiger partial charge in [0.2, 0.25) is 5.88 Å². The highest BCUT2D eigenvalue weighted by molar-refractivity contribution is 5.28.